The van der Waals surface area contributed by atoms with Crippen LogP contribution >= 0.6 is 0 Å². The van der Waals surface area contributed by atoms with Crippen LogP contribution in [0.4, 0.5) is 18.9 Å². The Morgan fingerprint density at radius 2 is 1.71 bits per heavy atom. The van der Waals surface area contributed by atoms with Crippen molar-refractivity contribution < 1.29 is 22.6 Å². The number of hydrogen-bond acceptors (Lipinski definition) is 3. The topological polar surface area (TPSA) is 30.8 Å². The van der Waals surface area contributed by atoms with Gasteiger partial charge in [0.15, 0.2) is 11.5 Å². The van der Waals surface area contributed by atoms with Gasteiger partial charge in [-0.05, 0) is 35.9 Å². The van der Waals surface area contributed by atoms with Crippen molar-refractivity contribution >= 4 is 17.5 Å². The zero-order chi connectivity index (χ0) is 21.8. The SMILES string of the molecule is COc1cccc(/C=C/C2=Nc3ccccc3C2)c1OCc1ccccc1C(F)(F)F. The lowest BCUT2D eigenvalue weighted by Crippen LogP contribution is -2.11. The summed E-state index contributed by atoms with van der Waals surface area (Å²) in [7, 11) is 1.50. The van der Waals surface area contributed by atoms with Crippen LogP contribution in [0.3, 0.4) is 0 Å². The lowest BCUT2D eigenvalue weighted by Gasteiger charge is -2.16. The molecule has 0 radical (unpaired) electrons. The summed E-state index contributed by atoms with van der Waals surface area (Å²) in [6.45, 7) is -0.233. The summed E-state index contributed by atoms with van der Waals surface area (Å²) in [5.41, 5.74) is 3.06. The molecule has 1 aliphatic heterocycles. The molecule has 4 rings (SSSR count). The van der Waals surface area contributed by atoms with Gasteiger partial charge in [0, 0.05) is 23.3 Å². The number of hydrogen-bond donors (Lipinski definition) is 0. The highest BCUT2D eigenvalue weighted by atomic mass is 19.4. The van der Waals surface area contributed by atoms with E-state index >= 15 is 0 Å². The number of fused-ring (bicyclic) bond motifs is 1. The summed E-state index contributed by atoms with van der Waals surface area (Å²) in [4.78, 5) is 4.60. The highest BCUT2D eigenvalue weighted by Crippen LogP contribution is 2.36. The first-order chi connectivity index (χ1) is 15.0. The van der Waals surface area contributed by atoms with Gasteiger partial charge in [-0.1, -0.05) is 48.5 Å². The number of alkyl halides is 3. The summed E-state index contributed by atoms with van der Waals surface area (Å²) in [6.07, 6.45) is 0.0222. The molecule has 0 unspecified atom stereocenters. The molecule has 0 amide bonds. The van der Waals surface area contributed by atoms with E-state index in [9.17, 15) is 13.2 Å². The molecule has 0 saturated carbocycles. The average Bonchev–Trinajstić information content (AvgIpc) is 3.19. The lowest BCUT2D eigenvalue weighted by molar-refractivity contribution is -0.138. The number of benzene rings is 3. The number of ether oxygens (including phenoxy) is 2. The van der Waals surface area contributed by atoms with Gasteiger partial charge < -0.3 is 9.47 Å². The highest BCUT2D eigenvalue weighted by molar-refractivity contribution is 6.04. The average molecular weight is 423 g/mol. The first-order valence-electron chi connectivity index (χ1n) is 9.74. The van der Waals surface area contributed by atoms with Crippen LogP contribution in [-0.2, 0) is 19.2 Å². The molecule has 0 saturated heterocycles. The molecule has 31 heavy (non-hydrogen) atoms. The zero-order valence-corrected chi connectivity index (χ0v) is 16.8. The fourth-order valence-electron chi connectivity index (χ4n) is 3.49. The van der Waals surface area contributed by atoms with Crippen LogP contribution < -0.4 is 9.47 Å². The monoisotopic (exact) mass is 423 g/mol. The summed E-state index contributed by atoms with van der Waals surface area (Å²) in [6, 6.07) is 18.7. The molecule has 0 atom stereocenters. The minimum Gasteiger partial charge on any atom is -0.493 e. The van der Waals surface area contributed by atoms with Gasteiger partial charge >= 0.3 is 6.18 Å². The first kappa shape index (κ1) is 20.7. The second-order valence-corrected chi connectivity index (χ2v) is 7.06. The van der Waals surface area contributed by atoms with Gasteiger partial charge in [0.05, 0.1) is 18.4 Å². The molecule has 0 fully saturated rings. The highest BCUT2D eigenvalue weighted by Gasteiger charge is 2.33. The van der Waals surface area contributed by atoms with E-state index in [1.807, 2.05) is 42.5 Å². The van der Waals surface area contributed by atoms with E-state index in [4.69, 9.17) is 9.47 Å². The number of allylic oxidation sites excluding steroid dienone is 1. The summed E-state index contributed by atoms with van der Waals surface area (Å²) in [5.74, 6) is 0.831. The number of rotatable bonds is 6. The second kappa shape index (κ2) is 8.68. The molecule has 1 heterocycles. The molecule has 0 N–H and O–H groups in total. The Morgan fingerprint density at radius 1 is 0.935 bits per heavy atom. The summed E-state index contributed by atoms with van der Waals surface area (Å²) < 4.78 is 51.1. The summed E-state index contributed by atoms with van der Waals surface area (Å²) in [5, 5.41) is 0. The normalized spacial score (nSPS) is 13.2. The predicted molar refractivity (Wildman–Crippen MR) is 115 cm³/mol. The second-order valence-electron chi connectivity index (χ2n) is 7.06. The van der Waals surface area contributed by atoms with E-state index in [0.717, 1.165) is 29.4 Å². The molecule has 0 aliphatic carbocycles. The van der Waals surface area contributed by atoms with Gasteiger partial charge in [0.1, 0.15) is 6.61 Å². The van der Waals surface area contributed by atoms with E-state index in [1.54, 1.807) is 18.2 Å². The van der Waals surface area contributed by atoms with E-state index in [1.165, 1.54) is 19.2 Å². The van der Waals surface area contributed by atoms with Crippen LogP contribution in [-0.4, -0.2) is 12.8 Å². The van der Waals surface area contributed by atoms with Crippen molar-refractivity contribution in [1.29, 1.82) is 0 Å². The number of nitrogens with zero attached hydrogens (tertiary/aromatic N) is 1. The molecule has 3 nitrogen and oxygen atoms in total. The Labute approximate surface area is 178 Å². The van der Waals surface area contributed by atoms with Crippen molar-refractivity contribution in [3.05, 3.63) is 95.1 Å². The number of aliphatic imine (C=N–C) groups is 1. The molecule has 158 valence electrons. The van der Waals surface area contributed by atoms with E-state index in [2.05, 4.69) is 4.99 Å². The predicted octanol–water partition coefficient (Wildman–Crippen LogP) is 6.64. The van der Waals surface area contributed by atoms with Crippen LogP contribution in [0.1, 0.15) is 22.3 Å². The van der Waals surface area contributed by atoms with E-state index in [0.29, 0.717) is 17.1 Å². The maximum atomic E-state index is 13.3. The maximum absolute atomic E-state index is 13.3. The summed E-state index contributed by atoms with van der Waals surface area (Å²) >= 11 is 0. The molecular weight excluding hydrogens is 403 g/mol. The number of methoxy groups -OCH3 is 1. The van der Waals surface area contributed by atoms with Gasteiger partial charge in [-0.2, -0.15) is 13.2 Å². The molecule has 1 aliphatic rings. The Morgan fingerprint density at radius 3 is 2.48 bits per heavy atom. The molecule has 0 spiro atoms. The molecule has 0 aromatic heterocycles. The third kappa shape index (κ3) is 4.63. The van der Waals surface area contributed by atoms with E-state index in [-0.39, 0.29) is 12.2 Å². The fourth-order valence-corrected chi connectivity index (χ4v) is 3.49. The third-order valence-electron chi connectivity index (χ3n) is 5.01. The number of para-hydroxylation sites is 2. The van der Waals surface area contributed by atoms with Crippen LogP contribution in [0.5, 0.6) is 11.5 Å². The van der Waals surface area contributed by atoms with Gasteiger partial charge in [-0.15, -0.1) is 0 Å². The van der Waals surface area contributed by atoms with Crippen molar-refractivity contribution in [2.24, 2.45) is 4.99 Å². The molecule has 3 aromatic rings. The van der Waals surface area contributed by atoms with Crippen molar-refractivity contribution in [2.75, 3.05) is 7.11 Å². The Balaban J connectivity index is 1.58. The van der Waals surface area contributed by atoms with Crippen LogP contribution in [0.15, 0.2) is 77.8 Å². The fraction of sp³-hybridized carbons (Fsp3) is 0.160. The van der Waals surface area contributed by atoms with E-state index < -0.39 is 11.7 Å². The molecular formula is C25H20F3NO2. The van der Waals surface area contributed by atoms with Gasteiger partial charge in [0.2, 0.25) is 0 Å². The van der Waals surface area contributed by atoms with Crippen molar-refractivity contribution in [3.63, 3.8) is 0 Å². The Kier molecular flexibility index (Phi) is 5.80. The maximum Gasteiger partial charge on any atom is 0.416 e. The van der Waals surface area contributed by atoms with Gasteiger partial charge in [0.25, 0.3) is 0 Å². The number of halogens is 3. The molecule has 0 bridgehead atoms. The minimum atomic E-state index is -4.45. The van der Waals surface area contributed by atoms with Crippen molar-refractivity contribution in [2.45, 2.75) is 19.2 Å². The quantitative estimate of drug-likeness (QED) is 0.445. The van der Waals surface area contributed by atoms with Crippen LogP contribution in [0.25, 0.3) is 6.08 Å². The minimum absolute atomic E-state index is 0.0615. The zero-order valence-electron chi connectivity index (χ0n) is 16.8. The van der Waals surface area contributed by atoms with Crippen LogP contribution in [0, 0.1) is 0 Å². The standard InChI is InChI=1S/C25H20F3NO2/c1-30-23-12-6-9-17(13-14-20-15-18-7-3-5-11-22(18)29-20)24(23)31-16-19-8-2-4-10-21(19)25(26,27)28/h2-14H,15-16H2,1H3/b14-13+. The molecule has 6 heteroatoms. The van der Waals surface area contributed by atoms with Crippen molar-refractivity contribution in [1.82, 2.24) is 0 Å². The first-order valence-corrected chi connectivity index (χ1v) is 9.74. The lowest BCUT2D eigenvalue weighted by atomic mass is 10.1. The van der Waals surface area contributed by atoms with Crippen LogP contribution in [0.2, 0.25) is 0 Å². The smallest absolute Gasteiger partial charge is 0.416 e. The van der Waals surface area contributed by atoms with Gasteiger partial charge in [-0.3, -0.25) is 4.99 Å². The Bertz CT molecular complexity index is 1150. The van der Waals surface area contributed by atoms with Gasteiger partial charge in [-0.25, -0.2) is 0 Å². The van der Waals surface area contributed by atoms with Crippen molar-refractivity contribution in [3.8, 4) is 11.5 Å². The third-order valence-corrected chi connectivity index (χ3v) is 5.01. The Hall–Kier alpha value is -3.54. The largest absolute Gasteiger partial charge is 0.493 e. The molecule has 3 aromatic carbocycles.